The van der Waals surface area contributed by atoms with Crippen LogP contribution in [0.3, 0.4) is 0 Å². The lowest BCUT2D eigenvalue weighted by Crippen LogP contribution is -2.52. The van der Waals surface area contributed by atoms with Gasteiger partial charge in [-0.25, -0.2) is 9.59 Å². The third-order valence-corrected chi connectivity index (χ3v) is 7.60. The van der Waals surface area contributed by atoms with E-state index in [0.717, 1.165) is 22.7 Å². The number of anilines is 1. The van der Waals surface area contributed by atoms with Gasteiger partial charge in [-0.3, -0.25) is 9.69 Å². The molecule has 11 heteroatoms. The summed E-state index contributed by atoms with van der Waals surface area (Å²) in [7, 11) is 0. The lowest BCUT2D eigenvalue weighted by molar-refractivity contribution is -0.152. The van der Waals surface area contributed by atoms with Crippen LogP contribution in [0.1, 0.15) is 5.56 Å². The van der Waals surface area contributed by atoms with Gasteiger partial charge in [0.1, 0.15) is 23.3 Å². The van der Waals surface area contributed by atoms with Crippen molar-refractivity contribution >= 4 is 23.7 Å². The molecular weight excluding hydrogens is 526 g/mol. The van der Waals surface area contributed by atoms with E-state index in [4.69, 9.17) is 9.57 Å². The molecule has 0 radical (unpaired) electrons. The number of amides is 4. The average molecular weight is 558 g/mol. The zero-order valence-corrected chi connectivity index (χ0v) is 22.5. The van der Waals surface area contributed by atoms with E-state index in [-0.39, 0.29) is 5.75 Å². The normalized spacial score (nSPS) is 19.4. The van der Waals surface area contributed by atoms with Crippen LogP contribution >= 0.6 is 0 Å². The van der Waals surface area contributed by atoms with E-state index < -0.39 is 24.1 Å². The highest BCUT2D eigenvalue weighted by atomic mass is 16.7. The molecule has 3 aliphatic heterocycles. The summed E-state index contributed by atoms with van der Waals surface area (Å²) in [6, 6.07) is 22.9. The van der Waals surface area contributed by atoms with E-state index in [1.807, 2.05) is 66.7 Å². The van der Waals surface area contributed by atoms with Gasteiger partial charge in [-0.2, -0.15) is 0 Å². The number of carbonyl (C=O) groups excluding carboxylic acids is 3. The standard InChI is InChI=1S/C30H31N5O6/c36-24-10-8-23(9-11-24)32-15-17-33(18-16-32)30(39)41-35-28(37)27-21-31(14-19-34(27)29(35)38)20-22-6-12-26(13-7-22)40-25-4-2-1-3-5-25/h1-13,27,36H,14-21H2/t27-/m1/s1. The van der Waals surface area contributed by atoms with Crippen molar-refractivity contribution in [3.8, 4) is 17.2 Å². The Balaban J connectivity index is 1.01. The van der Waals surface area contributed by atoms with Crippen LogP contribution in [0.25, 0.3) is 0 Å². The maximum atomic E-state index is 13.1. The molecule has 0 aliphatic carbocycles. The van der Waals surface area contributed by atoms with Crippen molar-refractivity contribution in [1.29, 1.82) is 0 Å². The smallest absolute Gasteiger partial charge is 0.434 e. The van der Waals surface area contributed by atoms with Crippen molar-refractivity contribution in [3.63, 3.8) is 0 Å². The van der Waals surface area contributed by atoms with E-state index >= 15 is 0 Å². The monoisotopic (exact) mass is 557 g/mol. The van der Waals surface area contributed by atoms with Gasteiger partial charge in [0, 0.05) is 58.0 Å². The van der Waals surface area contributed by atoms with Crippen molar-refractivity contribution < 1.29 is 29.1 Å². The van der Waals surface area contributed by atoms with Crippen molar-refractivity contribution in [3.05, 3.63) is 84.4 Å². The summed E-state index contributed by atoms with van der Waals surface area (Å²) in [4.78, 5) is 51.5. The largest absolute Gasteiger partial charge is 0.508 e. The van der Waals surface area contributed by atoms with Gasteiger partial charge in [0.15, 0.2) is 0 Å². The first kappa shape index (κ1) is 26.5. The molecule has 3 fully saturated rings. The number of para-hydroxylation sites is 1. The second-order valence-corrected chi connectivity index (χ2v) is 10.3. The Morgan fingerprint density at radius 2 is 1.49 bits per heavy atom. The van der Waals surface area contributed by atoms with Gasteiger partial charge in [-0.1, -0.05) is 35.4 Å². The number of hydrogen-bond acceptors (Lipinski definition) is 8. The number of fused-ring (bicyclic) bond motifs is 1. The topological polar surface area (TPSA) is 106 Å². The molecule has 3 aromatic carbocycles. The number of imide groups is 1. The number of carbonyl (C=O) groups is 3. The highest BCUT2D eigenvalue weighted by Gasteiger charge is 2.50. The lowest BCUT2D eigenvalue weighted by Gasteiger charge is -2.35. The van der Waals surface area contributed by atoms with Gasteiger partial charge in [0.05, 0.1) is 0 Å². The fourth-order valence-corrected chi connectivity index (χ4v) is 5.35. The number of piperazine rings is 2. The third-order valence-electron chi connectivity index (χ3n) is 7.60. The summed E-state index contributed by atoms with van der Waals surface area (Å²) < 4.78 is 5.86. The van der Waals surface area contributed by atoms with Gasteiger partial charge in [0.25, 0.3) is 5.91 Å². The van der Waals surface area contributed by atoms with Gasteiger partial charge in [-0.15, -0.1) is 0 Å². The Labute approximate surface area is 237 Å². The molecule has 0 aromatic heterocycles. The third kappa shape index (κ3) is 5.75. The number of hydroxylamine groups is 2. The predicted molar refractivity (Wildman–Crippen MR) is 149 cm³/mol. The van der Waals surface area contributed by atoms with E-state index in [0.29, 0.717) is 57.4 Å². The second-order valence-electron chi connectivity index (χ2n) is 10.3. The molecule has 0 unspecified atom stereocenters. The Morgan fingerprint density at radius 1 is 0.805 bits per heavy atom. The number of urea groups is 1. The molecule has 41 heavy (non-hydrogen) atoms. The van der Waals surface area contributed by atoms with E-state index in [1.165, 1.54) is 9.80 Å². The number of phenols is 1. The van der Waals surface area contributed by atoms with Crippen molar-refractivity contribution in [1.82, 2.24) is 19.8 Å². The zero-order valence-electron chi connectivity index (χ0n) is 22.5. The minimum Gasteiger partial charge on any atom is -0.508 e. The molecule has 3 aromatic rings. The van der Waals surface area contributed by atoms with Gasteiger partial charge in [-0.05, 0) is 54.1 Å². The minimum atomic E-state index is -0.716. The molecule has 1 N–H and O–H groups in total. The van der Waals surface area contributed by atoms with Crippen LogP contribution in [0, 0.1) is 0 Å². The molecule has 0 bridgehead atoms. The maximum absolute atomic E-state index is 13.1. The molecule has 1 atom stereocenters. The van der Waals surface area contributed by atoms with Crippen LogP contribution in [0.5, 0.6) is 17.2 Å². The van der Waals surface area contributed by atoms with Gasteiger partial charge >= 0.3 is 12.1 Å². The van der Waals surface area contributed by atoms with Crippen LogP contribution in [0.15, 0.2) is 78.9 Å². The summed E-state index contributed by atoms with van der Waals surface area (Å²) in [6.45, 7) is 3.81. The fraction of sp³-hybridized carbons (Fsp3) is 0.300. The molecule has 3 heterocycles. The summed E-state index contributed by atoms with van der Waals surface area (Å²) in [5, 5.41) is 10.1. The Morgan fingerprint density at radius 3 is 2.20 bits per heavy atom. The number of aromatic hydroxyl groups is 1. The number of hydrogen-bond donors (Lipinski definition) is 1. The summed E-state index contributed by atoms with van der Waals surface area (Å²) in [5.41, 5.74) is 2.00. The molecular formula is C30H31N5O6. The first-order valence-electron chi connectivity index (χ1n) is 13.6. The molecule has 0 saturated carbocycles. The summed E-state index contributed by atoms with van der Waals surface area (Å²) in [5.74, 6) is 1.17. The number of benzene rings is 3. The molecule has 0 spiro atoms. The lowest BCUT2D eigenvalue weighted by atomic mass is 10.1. The Hall–Kier alpha value is -4.77. The van der Waals surface area contributed by atoms with E-state index in [2.05, 4.69) is 9.80 Å². The van der Waals surface area contributed by atoms with Gasteiger partial charge < -0.3 is 29.4 Å². The van der Waals surface area contributed by atoms with E-state index in [1.54, 1.807) is 12.1 Å². The average Bonchev–Trinajstić information content (AvgIpc) is 3.23. The Bertz CT molecular complexity index is 1390. The molecule has 6 rings (SSSR count). The SMILES string of the molecule is O=C(ON1C(=O)[C@H]2CN(Cc3ccc(Oc4ccccc4)cc3)CCN2C1=O)N1CCN(c2ccc(O)cc2)CC1. The molecule has 212 valence electrons. The minimum absolute atomic E-state index is 0.193. The highest BCUT2D eigenvalue weighted by molar-refractivity contribution is 6.04. The Kier molecular flexibility index (Phi) is 7.34. The number of phenolic OH excluding ortho intramolecular Hbond substituents is 1. The fourth-order valence-electron chi connectivity index (χ4n) is 5.35. The number of ether oxygens (including phenoxy) is 1. The predicted octanol–water partition coefficient (Wildman–Crippen LogP) is 3.51. The number of rotatable bonds is 6. The maximum Gasteiger partial charge on any atom is 0.434 e. The highest BCUT2D eigenvalue weighted by Crippen LogP contribution is 2.26. The van der Waals surface area contributed by atoms with Crippen molar-refractivity contribution in [2.24, 2.45) is 0 Å². The quantitative estimate of drug-likeness (QED) is 0.459. The van der Waals surface area contributed by atoms with Crippen molar-refractivity contribution in [2.75, 3.05) is 50.7 Å². The molecule has 11 nitrogen and oxygen atoms in total. The van der Waals surface area contributed by atoms with Crippen LogP contribution in [0.2, 0.25) is 0 Å². The first-order valence-corrected chi connectivity index (χ1v) is 13.6. The van der Waals surface area contributed by atoms with E-state index in [9.17, 15) is 19.5 Å². The molecule has 3 saturated heterocycles. The first-order chi connectivity index (χ1) is 19.9. The van der Waals surface area contributed by atoms with Crippen molar-refractivity contribution in [2.45, 2.75) is 12.6 Å². The van der Waals surface area contributed by atoms with Crippen LogP contribution in [0.4, 0.5) is 15.3 Å². The van der Waals surface area contributed by atoms with Gasteiger partial charge in [0.2, 0.25) is 0 Å². The second kappa shape index (κ2) is 11.4. The zero-order chi connectivity index (χ0) is 28.3. The van der Waals surface area contributed by atoms with Crippen LogP contribution in [-0.2, 0) is 16.2 Å². The summed E-state index contributed by atoms with van der Waals surface area (Å²) in [6.07, 6.45) is -0.716. The van der Waals surface area contributed by atoms with Crippen LogP contribution in [-0.4, -0.2) is 94.8 Å². The number of nitrogens with zero attached hydrogens (tertiary/aromatic N) is 5. The summed E-state index contributed by atoms with van der Waals surface area (Å²) >= 11 is 0. The molecule has 4 amide bonds. The van der Waals surface area contributed by atoms with Crippen LogP contribution < -0.4 is 9.64 Å². The molecule has 3 aliphatic rings.